The van der Waals surface area contributed by atoms with E-state index in [0.717, 1.165) is 25.5 Å². The first-order valence-corrected chi connectivity index (χ1v) is 6.98. The van der Waals surface area contributed by atoms with E-state index in [9.17, 15) is 0 Å². The van der Waals surface area contributed by atoms with E-state index in [2.05, 4.69) is 49.9 Å². The van der Waals surface area contributed by atoms with Crippen LogP contribution in [0.3, 0.4) is 0 Å². The summed E-state index contributed by atoms with van der Waals surface area (Å²) in [4.78, 5) is 4.27. The lowest BCUT2D eigenvalue weighted by molar-refractivity contribution is 0.579. The summed E-state index contributed by atoms with van der Waals surface area (Å²) < 4.78 is 4.52. The minimum absolute atomic E-state index is 0.894. The second-order valence-electron chi connectivity index (χ2n) is 5.06. The summed E-state index contributed by atoms with van der Waals surface area (Å²) in [5.74, 6) is 1.07. The van der Waals surface area contributed by atoms with Crippen molar-refractivity contribution in [2.45, 2.75) is 26.6 Å². The van der Waals surface area contributed by atoms with Crippen molar-refractivity contribution in [3.05, 3.63) is 54.2 Å². The summed E-state index contributed by atoms with van der Waals surface area (Å²) >= 11 is 0. The van der Waals surface area contributed by atoms with E-state index in [1.807, 2.05) is 26.4 Å². The van der Waals surface area contributed by atoms with Crippen molar-refractivity contribution in [2.75, 3.05) is 7.05 Å². The van der Waals surface area contributed by atoms with Crippen molar-refractivity contribution in [1.82, 2.24) is 19.4 Å². The van der Waals surface area contributed by atoms with Gasteiger partial charge in [0.05, 0.1) is 5.52 Å². The fraction of sp³-hybridized carbons (Fsp3) is 0.312. The number of fused-ring (bicyclic) bond motifs is 1. The Hall–Kier alpha value is -2.07. The number of aromatic nitrogens is 3. The zero-order valence-electron chi connectivity index (χ0n) is 12.0. The van der Waals surface area contributed by atoms with Gasteiger partial charge in [-0.2, -0.15) is 0 Å². The summed E-state index contributed by atoms with van der Waals surface area (Å²) in [7, 11) is 1.99. The number of para-hydroxylation sites is 1. The number of hydrogen-bond donors (Lipinski definition) is 1. The van der Waals surface area contributed by atoms with Crippen LogP contribution in [0.4, 0.5) is 0 Å². The van der Waals surface area contributed by atoms with Crippen molar-refractivity contribution >= 4 is 10.9 Å². The minimum Gasteiger partial charge on any atom is -0.345 e. The smallest absolute Gasteiger partial charge is 0.105 e. The maximum Gasteiger partial charge on any atom is 0.105 e. The Morgan fingerprint density at radius 2 is 1.95 bits per heavy atom. The minimum atomic E-state index is 0.894. The van der Waals surface area contributed by atoms with Crippen molar-refractivity contribution < 1.29 is 0 Å². The van der Waals surface area contributed by atoms with Gasteiger partial charge in [-0.25, -0.2) is 4.98 Å². The lowest BCUT2D eigenvalue weighted by Crippen LogP contribution is -2.10. The normalized spacial score (nSPS) is 11.3. The van der Waals surface area contributed by atoms with Crippen LogP contribution in [0.5, 0.6) is 0 Å². The third kappa shape index (κ3) is 2.34. The molecule has 0 aliphatic carbocycles. The number of nitrogens with zero attached hydrogens (tertiary/aromatic N) is 3. The molecule has 4 nitrogen and oxygen atoms in total. The van der Waals surface area contributed by atoms with Gasteiger partial charge >= 0.3 is 0 Å². The number of hydrogen-bond acceptors (Lipinski definition) is 2. The van der Waals surface area contributed by atoms with Crippen molar-refractivity contribution in [1.29, 1.82) is 0 Å². The van der Waals surface area contributed by atoms with Gasteiger partial charge in [0.2, 0.25) is 0 Å². The Kier molecular flexibility index (Phi) is 3.56. The largest absolute Gasteiger partial charge is 0.345 e. The number of nitrogens with one attached hydrogen (secondary N) is 1. The molecule has 1 aromatic carbocycles. The van der Waals surface area contributed by atoms with Crippen LogP contribution in [0.15, 0.2) is 42.9 Å². The third-order valence-corrected chi connectivity index (χ3v) is 3.74. The van der Waals surface area contributed by atoms with Gasteiger partial charge in [-0.1, -0.05) is 18.2 Å². The highest BCUT2D eigenvalue weighted by Crippen LogP contribution is 2.20. The van der Waals surface area contributed by atoms with E-state index in [4.69, 9.17) is 0 Å². The highest BCUT2D eigenvalue weighted by Gasteiger charge is 2.06. The molecule has 104 valence electrons. The van der Waals surface area contributed by atoms with Crippen molar-refractivity contribution in [3.8, 4) is 0 Å². The SMILES string of the molecule is CNCc1cccc2ccn(CCn3ccnc3C)c12. The maximum absolute atomic E-state index is 4.27. The monoisotopic (exact) mass is 268 g/mol. The zero-order valence-corrected chi connectivity index (χ0v) is 12.0. The summed E-state index contributed by atoms with van der Waals surface area (Å²) in [6.45, 7) is 4.84. The first-order chi connectivity index (χ1) is 9.79. The van der Waals surface area contributed by atoms with E-state index < -0.39 is 0 Å². The van der Waals surface area contributed by atoms with Gasteiger partial charge in [0, 0.05) is 38.2 Å². The molecule has 4 heteroatoms. The van der Waals surface area contributed by atoms with Crippen LogP contribution < -0.4 is 5.32 Å². The first kappa shape index (κ1) is 12.9. The van der Waals surface area contributed by atoms with Gasteiger partial charge in [0.1, 0.15) is 5.82 Å². The van der Waals surface area contributed by atoms with Crippen molar-refractivity contribution in [3.63, 3.8) is 0 Å². The Morgan fingerprint density at radius 1 is 1.10 bits per heavy atom. The molecule has 1 N–H and O–H groups in total. The van der Waals surface area contributed by atoms with E-state index >= 15 is 0 Å². The second-order valence-corrected chi connectivity index (χ2v) is 5.06. The summed E-state index contributed by atoms with van der Waals surface area (Å²) in [6.07, 6.45) is 6.07. The van der Waals surface area contributed by atoms with Gasteiger partial charge in [-0.3, -0.25) is 0 Å². The molecule has 0 saturated heterocycles. The molecule has 0 aliphatic heterocycles. The number of imidazole rings is 1. The van der Waals surface area contributed by atoms with Gasteiger partial charge in [-0.15, -0.1) is 0 Å². The standard InChI is InChI=1S/C16H20N4/c1-13-18-7-9-19(13)10-11-20-8-6-14-4-3-5-15(12-17-2)16(14)20/h3-9,17H,10-12H2,1-2H3. The Balaban J connectivity index is 1.89. The van der Waals surface area contributed by atoms with E-state index in [1.165, 1.54) is 16.5 Å². The van der Waals surface area contributed by atoms with E-state index in [1.54, 1.807) is 0 Å². The lowest BCUT2D eigenvalue weighted by Gasteiger charge is -2.11. The average Bonchev–Trinajstić information content (AvgIpc) is 3.04. The van der Waals surface area contributed by atoms with E-state index in [0.29, 0.717) is 0 Å². The van der Waals surface area contributed by atoms with Gasteiger partial charge < -0.3 is 14.5 Å². The maximum atomic E-state index is 4.27. The molecule has 20 heavy (non-hydrogen) atoms. The van der Waals surface area contributed by atoms with Crippen molar-refractivity contribution in [2.24, 2.45) is 0 Å². The molecular weight excluding hydrogens is 248 g/mol. The Bertz CT molecular complexity index is 708. The molecule has 2 heterocycles. The van der Waals surface area contributed by atoms with Crippen LogP contribution in [0, 0.1) is 6.92 Å². The summed E-state index contributed by atoms with van der Waals surface area (Å²) in [5.41, 5.74) is 2.68. The number of benzene rings is 1. The van der Waals surface area contributed by atoms with Crippen LogP contribution in [0.1, 0.15) is 11.4 Å². The second kappa shape index (κ2) is 5.51. The molecule has 0 unspecified atom stereocenters. The van der Waals surface area contributed by atoms with Gasteiger partial charge in [0.15, 0.2) is 0 Å². The number of aryl methyl sites for hydroxylation is 3. The van der Waals surface area contributed by atoms with E-state index in [-0.39, 0.29) is 0 Å². The predicted octanol–water partition coefficient (Wildman–Crippen LogP) is 2.57. The lowest BCUT2D eigenvalue weighted by atomic mass is 10.1. The Labute approximate surface area is 119 Å². The fourth-order valence-corrected chi connectivity index (χ4v) is 2.72. The molecule has 0 aliphatic rings. The average molecular weight is 268 g/mol. The van der Waals surface area contributed by atoms with Gasteiger partial charge in [0.25, 0.3) is 0 Å². The quantitative estimate of drug-likeness (QED) is 0.772. The zero-order chi connectivity index (χ0) is 13.9. The molecular formula is C16H20N4. The molecule has 0 fully saturated rings. The molecule has 2 aromatic heterocycles. The number of rotatable bonds is 5. The highest BCUT2D eigenvalue weighted by atomic mass is 15.1. The topological polar surface area (TPSA) is 34.8 Å². The third-order valence-electron chi connectivity index (χ3n) is 3.74. The summed E-state index contributed by atoms with van der Waals surface area (Å²) in [6, 6.07) is 8.68. The summed E-state index contributed by atoms with van der Waals surface area (Å²) in [5, 5.41) is 4.55. The van der Waals surface area contributed by atoms with Crippen LogP contribution >= 0.6 is 0 Å². The Morgan fingerprint density at radius 3 is 2.70 bits per heavy atom. The molecule has 0 radical (unpaired) electrons. The molecule has 0 saturated carbocycles. The molecule has 0 amide bonds. The van der Waals surface area contributed by atoms with Crippen LogP contribution in [0.2, 0.25) is 0 Å². The molecule has 3 rings (SSSR count). The highest BCUT2D eigenvalue weighted by molar-refractivity contribution is 5.83. The molecule has 0 bridgehead atoms. The molecule has 3 aromatic rings. The van der Waals surface area contributed by atoms with Gasteiger partial charge in [-0.05, 0) is 31.0 Å². The molecule has 0 spiro atoms. The van der Waals surface area contributed by atoms with Crippen LogP contribution in [-0.2, 0) is 19.6 Å². The predicted molar refractivity (Wildman–Crippen MR) is 81.7 cm³/mol. The van der Waals surface area contributed by atoms with Crippen LogP contribution in [-0.4, -0.2) is 21.2 Å². The first-order valence-electron chi connectivity index (χ1n) is 6.98. The molecule has 0 atom stereocenters. The van der Waals surface area contributed by atoms with Crippen LogP contribution in [0.25, 0.3) is 10.9 Å². The fourth-order valence-electron chi connectivity index (χ4n) is 2.72.